The highest BCUT2D eigenvalue weighted by molar-refractivity contribution is 14.0. The van der Waals surface area contributed by atoms with Crippen molar-refractivity contribution in [2.24, 2.45) is 4.99 Å². The fourth-order valence-electron chi connectivity index (χ4n) is 3.23. The van der Waals surface area contributed by atoms with Crippen LogP contribution < -0.4 is 10.6 Å². The van der Waals surface area contributed by atoms with Crippen molar-refractivity contribution in [1.29, 1.82) is 0 Å². The lowest BCUT2D eigenvalue weighted by Crippen LogP contribution is -2.47. The standard InChI is InChI=1S/C20H29FN6O.HI/c1-4-22-20(23-11-17(28)15-7-5-6-8-16(15)21)24-14-9-10-18-25-19(13(2)3)26-27(18)12-14;/h5-8,13-14,17,28H,4,9-12H2,1-3H3,(H2,22,23,24);1H. The Morgan fingerprint density at radius 2 is 2.14 bits per heavy atom. The van der Waals surface area contributed by atoms with Crippen LogP contribution in [-0.2, 0) is 13.0 Å². The zero-order valence-corrected chi connectivity index (χ0v) is 19.4. The van der Waals surface area contributed by atoms with Crippen LogP contribution in [0.3, 0.4) is 0 Å². The van der Waals surface area contributed by atoms with Crippen molar-refractivity contribution in [3.63, 3.8) is 0 Å². The van der Waals surface area contributed by atoms with Gasteiger partial charge in [-0.1, -0.05) is 32.0 Å². The van der Waals surface area contributed by atoms with E-state index in [0.29, 0.717) is 18.4 Å². The van der Waals surface area contributed by atoms with Gasteiger partial charge in [0.1, 0.15) is 17.7 Å². The maximum absolute atomic E-state index is 13.8. The molecule has 2 aromatic rings. The number of aryl methyl sites for hydroxylation is 1. The molecule has 160 valence electrons. The molecule has 1 aromatic heterocycles. The predicted octanol–water partition coefficient (Wildman–Crippen LogP) is 2.76. The first kappa shape index (κ1) is 23.5. The summed E-state index contributed by atoms with van der Waals surface area (Å²) < 4.78 is 15.8. The largest absolute Gasteiger partial charge is 0.386 e. The first-order valence-corrected chi connectivity index (χ1v) is 9.88. The Morgan fingerprint density at radius 3 is 2.83 bits per heavy atom. The molecule has 1 aliphatic rings. The Hall–Kier alpha value is -1.75. The van der Waals surface area contributed by atoms with Gasteiger partial charge in [0.15, 0.2) is 11.8 Å². The maximum Gasteiger partial charge on any atom is 0.191 e. The summed E-state index contributed by atoms with van der Waals surface area (Å²) in [5, 5.41) is 21.5. The molecule has 0 saturated heterocycles. The first-order valence-electron chi connectivity index (χ1n) is 9.88. The summed E-state index contributed by atoms with van der Waals surface area (Å²) in [5.41, 5.74) is 0.258. The normalized spacial score (nSPS) is 17.4. The van der Waals surface area contributed by atoms with E-state index < -0.39 is 11.9 Å². The van der Waals surface area contributed by atoms with Gasteiger partial charge >= 0.3 is 0 Å². The summed E-state index contributed by atoms with van der Waals surface area (Å²) in [5.74, 6) is 2.40. The summed E-state index contributed by atoms with van der Waals surface area (Å²) in [4.78, 5) is 9.06. The van der Waals surface area contributed by atoms with Gasteiger partial charge in [-0.05, 0) is 19.4 Å². The van der Waals surface area contributed by atoms with Gasteiger partial charge in [0.25, 0.3) is 0 Å². The molecule has 0 bridgehead atoms. The summed E-state index contributed by atoms with van der Waals surface area (Å²) in [6, 6.07) is 6.40. The van der Waals surface area contributed by atoms with Gasteiger partial charge in [-0.25, -0.2) is 14.1 Å². The molecule has 1 aromatic carbocycles. The number of hydrogen-bond acceptors (Lipinski definition) is 4. The highest BCUT2D eigenvalue weighted by Gasteiger charge is 2.23. The maximum atomic E-state index is 13.8. The molecule has 9 heteroatoms. The number of halogens is 2. The molecule has 2 unspecified atom stereocenters. The molecule has 2 heterocycles. The van der Waals surface area contributed by atoms with Gasteiger partial charge < -0.3 is 15.7 Å². The Kier molecular flexibility index (Phi) is 8.81. The van der Waals surface area contributed by atoms with Gasteiger partial charge in [-0.3, -0.25) is 4.99 Å². The van der Waals surface area contributed by atoms with Crippen LogP contribution >= 0.6 is 24.0 Å². The highest BCUT2D eigenvalue weighted by atomic mass is 127. The number of hydrogen-bond donors (Lipinski definition) is 3. The van der Waals surface area contributed by atoms with Crippen molar-refractivity contribution in [1.82, 2.24) is 25.4 Å². The van der Waals surface area contributed by atoms with E-state index in [1.165, 1.54) is 6.07 Å². The van der Waals surface area contributed by atoms with Crippen LogP contribution in [0.25, 0.3) is 0 Å². The number of aromatic nitrogens is 3. The smallest absolute Gasteiger partial charge is 0.191 e. The Balaban J connectivity index is 0.00000300. The Bertz CT molecular complexity index is 825. The molecule has 0 fully saturated rings. The van der Waals surface area contributed by atoms with Crippen molar-refractivity contribution in [2.75, 3.05) is 13.1 Å². The SMILES string of the molecule is CCNC(=NCC(O)c1ccccc1F)NC1CCc2nc(C(C)C)nn2C1.I. The number of aliphatic hydroxyl groups excluding tert-OH is 1. The molecule has 0 saturated carbocycles. The van der Waals surface area contributed by atoms with E-state index >= 15 is 0 Å². The van der Waals surface area contributed by atoms with E-state index in [-0.39, 0.29) is 42.1 Å². The minimum atomic E-state index is -0.987. The van der Waals surface area contributed by atoms with Crippen molar-refractivity contribution < 1.29 is 9.50 Å². The highest BCUT2D eigenvalue weighted by Crippen LogP contribution is 2.18. The van der Waals surface area contributed by atoms with E-state index in [1.807, 2.05) is 11.6 Å². The fourth-order valence-corrected chi connectivity index (χ4v) is 3.23. The van der Waals surface area contributed by atoms with E-state index in [0.717, 1.165) is 31.0 Å². The van der Waals surface area contributed by atoms with Crippen LogP contribution in [0.2, 0.25) is 0 Å². The Morgan fingerprint density at radius 1 is 1.38 bits per heavy atom. The minimum absolute atomic E-state index is 0. The van der Waals surface area contributed by atoms with Crippen LogP contribution in [0.4, 0.5) is 4.39 Å². The monoisotopic (exact) mass is 516 g/mol. The average Bonchev–Trinajstić information content (AvgIpc) is 3.10. The lowest BCUT2D eigenvalue weighted by molar-refractivity contribution is 0.182. The van der Waals surface area contributed by atoms with E-state index in [4.69, 9.17) is 0 Å². The number of nitrogens with one attached hydrogen (secondary N) is 2. The Labute approximate surface area is 188 Å². The van der Waals surface area contributed by atoms with Crippen molar-refractivity contribution >= 4 is 29.9 Å². The van der Waals surface area contributed by atoms with Gasteiger partial charge in [0.05, 0.1) is 13.1 Å². The second kappa shape index (κ2) is 10.9. The van der Waals surface area contributed by atoms with Crippen molar-refractivity contribution in [2.45, 2.75) is 58.2 Å². The van der Waals surface area contributed by atoms with Crippen LogP contribution in [0, 0.1) is 5.82 Å². The average molecular weight is 516 g/mol. The predicted molar refractivity (Wildman–Crippen MR) is 122 cm³/mol. The number of rotatable bonds is 6. The van der Waals surface area contributed by atoms with E-state index in [2.05, 4.69) is 39.6 Å². The zero-order valence-electron chi connectivity index (χ0n) is 17.1. The number of benzene rings is 1. The van der Waals surface area contributed by atoms with Gasteiger partial charge in [-0.15, -0.1) is 24.0 Å². The molecule has 2 atom stereocenters. The van der Waals surface area contributed by atoms with Gasteiger partial charge in [0.2, 0.25) is 0 Å². The van der Waals surface area contributed by atoms with E-state index in [9.17, 15) is 9.50 Å². The molecule has 3 rings (SSSR count). The molecule has 0 aliphatic carbocycles. The number of fused-ring (bicyclic) bond motifs is 1. The fraction of sp³-hybridized carbons (Fsp3) is 0.550. The second-order valence-electron chi connectivity index (χ2n) is 7.36. The van der Waals surface area contributed by atoms with Crippen molar-refractivity contribution in [3.8, 4) is 0 Å². The lowest BCUT2D eigenvalue weighted by atomic mass is 10.1. The molecular weight excluding hydrogens is 486 g/mol. The molecule has 3 N–H and O–H groups in total. The third-order valence-electron chi connectivity index (χ3n) is 4.76. The third kappa shape index (κ3) is 6.11. The molecule has 1 aliphatic heterocycles. The first-order chi connectivity index (χ1) is 13.5. The molecule has 7 nitrogen and oxygen atoms in total. The van der Waals surface area contributed by atoms with Crippen molar-refractivity contribution in [3.05, 3.63) is 47.3 Å². The van der Waals surface area contributed by atoms with Crippen LogP contribution in [0.1, 0.15) is 56.4 Å². The number of aliphatic imine (C=N–C) groups is 1. The molecule has 29 heavy (non-hydrogen) atoms. The van der Waals surface area contributed by atoms with Crippen LogP contribution in [0.5, 0.6) is 0 Å². The summed E-state index contributed by atoms with van der Waals surface area (Å²) in [7, 11) is 0. The third-order valence-corrected chi connectivity index (χ3v) is 4.76. The number of guanidine groups is 1. The van der Waals surface area contributed by atoms with Crippen LogP contribution in [0.15, 0.2) is 29.3 Å². The molecule has 0 amide bonds. The molecule has 0 radical (unpaired) electrons. The number of nitrogens with zero attached hydrogens (tertiary/aromatic N) is 4. The second-order valence-corrected chi connectivity index (χ2v) is 7.36. The number of aliphatic hydroxyl groups is 1. The lowest BCUT2D eigenvalue weighted by Gasteiger charge is -2.25. The molecule has 0 spiro atoms. The summed E-state index contributed by atoms with van der Waals surface area (Å²) in [6.07, 6.45) is 0.795. The van der Waals surface area contributed by atoms with Gasteiger partial charge in [0, 0.05) is 30.5 Å². The van der Waals surface area contributed by atoms with E-state index in [1.54, 1.807) is 18.2 Å². The zero-order chi connectivity index (χ0) is 20.1. The summed E-state index contributed by atoms with van der Waals surface area (Å²) >= 11 is 0. The topological polar surface area (TPSA) is 87.4 Å². The summed E-state index contributed by atoms with van der Waals surface area (Å²) in [6.45, 7) is 7.66. The van der Waals surface area contributed by atoms with Gasteiger partial charge in [-0.2, -0.15) is 5.10 Å². The van der Waals surface area contributed by atoms with Crippen LogP contribution in [-0.4, -0.2) is 45.0 Å². The quantitative estimate of drug-likeness (QED) is 0.313. The minimum Gasteiger partial charge on any atom is -0.386 e. The molecular formula is C20H30FIN6O.